The van der Waals surface area contributed by atoms with E-state index in [2.05, 4.69) is 16.0 Å². The number of fused-ring (bicyclic) bond motifs is 2. The molecule has 0 spiro atoms. The van der Waals surface area contributed by atoms with Crippen LogP contribution in [0.1, 0.15) is 82.2 Å². The molecule has 200 valence electrons. The molecule has 0 fully saturated rings. The lowest BCUT2D eigenvalue weighted by atomic mass is 9.83. The fourth-order valence-corrected chi connectivity index (χ4v) is 3.96. The summed E-state index contributed by atoms with van der Waals surface area (Å²) in [5.41, 5.74) is 0.175. The van der Waals surface area contributed by atoms with Gasteiger partial charge < -0.3 is 20.7 Å². The maximum atomic E-state index is 12.8. The van der Waals surface area contributed by atoms with Crippen LogP contribution in [0.5, 0.6) is 0 Å². The molecule has 0 aliphatic heterocycles. The van der Waals surface area contributed by atoms with Crippen LogP contribution in [0.15, 0.2) is 42.5 Å². The molecule has 1 aliphatic carbocycles. The van der Waals surface area contributed by atoms with Gasteiger partial charge in [0, 0.05) is 35.7 Å². The smallest absolute Gasteiger partial charge is 0.338 e. The molecular weight excluding hydrogens is 490 g/mol. The van der Waals surface area contributed by atoms with Crippen LogP contribution in [-0.2, 0) is 19.1 Å². The number of carbonyl (C=O) groups excluding carboxylic acids is 6. The van der Waals surface area contributed by atoms with Gasteiger partial charge in [0.2, 0.25) is 17.7 Å². The van der Waals surface area contributed by atoms with Gasteiger partial charge in [-0.1, -0.05) is 24.3 Å². The number of ether oxygens (including phenoxy) is 1. The Bertz CT molecular complexity index is 1280. The van der Waals surface area contributed by atoms with Crippen molar-refractivity contribution in [1.29, 1.82) is 0 Å². The lowest BCUT2D eigenvalue weighted by molar-refractivity contribution is -0.132. The van der Waals surface area contributed by atoms with E-state index in [1.165, 1.54) is 25.1 Å². The van der Waals surface area contributed by atoms with E-state index in [9.17, 15) is 28.8 Å². The van der Waals surface area contributed by atoms with E-state index in [0.717, 1.165) is 0 Å². The first-order chi connectivity index (χ1) is 18.0. The molecule has 0 unspecified atom stereocenters. The van der Waals surface area contributed by atoms with E-state index < -0.39 is 17.4 Å². The van der Waals surface area contributed by atoms with E-state index in [-0.39, 0.29) is 53.2 Å². The molecule has 0 saturated carbocycles. The van der Waals surface area contributed by atoms with Gasteiger partial charge in [0.05, 0.1) is 18.7 Å². The van der Waals surface area contributed by atoms with E-state index in [0.29, 0.717) is 36.9 Å². The molecule has 10 heteroatoms. The molecule has 2 aromatic carbocycles. The molecule has 3 rings (SSSR count). The van der Waals surface area contributed by atoms with Crippen LogP contribution in [0, 0.1) is 0 Å². The average molecular weight is 522 g/mol. The first-order valence-corrected chi connectivity index (χ1v) is 12.3. The summed E-state index contributed by atoms with van der Waals surface area (Å²) in [5.74, 6) is -2.31. The van der Waals surface area contributed by atoms with Crippen LogP contribution in [0.2, 0.25) is 0 Å². The first kappa shape index (κ1) is 28.2. The summed E-state index contributed by atoms with van der Waals surface area (Å²) >= 11 is 0. The van der Waals surface area contributed by atoms with Crippen molar-refractivity contribution >= 4 is 35.3 Å². The van der Waals surface area contributed by atoms with Crippen LogP contribution in [0.4, 0.5) is 0 Å². The monoisotopic (exact) mass is 521 g/mol. The largest absolute Gasteiger partial charge is 0.462 e. The van der Waals surface area contributed by atoms with Gasteiger partial charge in [-0.2, -0.15) is 0 Å². The van der Waals surface area contributed by atoms with Gasteiger partial charge in [0.15, 0.2) is 11.6 Å². The van der Waals surface area contributed by atoms with E-state index in [1.807, 2.05) is 0 Å². The molecule has 3 N–H and O–H groups in total. The Labute approximate surface area is 220 Å². The third-order valence-corrected chi connectivity index (χ3v) is 6.02. The highest BCUT2D eigenvalue weighted by Gasteiger charge is 2.30. The van der Waals surface area contributed by atoms with Crippen molar-refractivity contribution in [3.63, 3.8) is 0 Å². The minimum Gasteiger partial charge on any atom is -0.462 e. The minimum atomic E-state index is -1.14. The predicted octanol–water partition coefficient (Wildman–Crippen LogP) is 1.94. The lowest BCUT2D eigenvalue weighted by Gasteiger charge is -2.25. The number of rotatable bonds is 11. The molecule has 0 bridgehead atoms. The average Bonchev–Trinajstić information content (AvgIpc) is 2.89. The number of amides is 3. The van der Waals surface area contributed by atoms with E-state index in [4.69, 9.17) is 4.74 Å². The fourth-order valence-electron chi connectivity index (χ4n) is 3.96. The number of unbranched alkanes of at least 4 members (excludes halogenated alkanes) is 2. The minimum absolute atomic E-state index is 0.157. The van der Waals surface area contributed by atoms with Crippen molar-refractivity contribution in [2.75, 3.05) is 19.7 Å². The number of hydrogen-bond donors (Lipinski definition) is 3. The van der Waals surface area contributed by atoms with Crippen molar-refractivity contribution in [3.8, 4) is 0 Å². The summed E-state index contributed by atoms with van der Waals surface area (Å²) in [7, 11) is 0. The molecule has 38 heavy (non-hydrogen) atoms. The Balaban J connectivity index is 1.39. The zero-order chi connectivity index (χ0) is 27.9. The second kappa shape index (κ2) is 12.3. The molecule has 0 saturated heterocycles. The third kappa shape index (κ3) is 6.90. The summed E-state index contributed by atoms with van der Waals surface area (Å²) in [6.07, 6.45) is 1.87. The second-order valence-electron chi connectivity index (χ2n) is 9.50. The van der Waals surface area contributed by atoms with E-state index >= 15 is 0 Å². The number of hydrogen-bond acceptors (Lipinski definition) is 7. The maximum absolute atomic E-state index is 12.8. The molecule has 3 amide bonds. The van der Waals surface area contributed by atoms with Crippen molar-refractivity contribution in [2.45, 2.75) is 45.6 Å². The van der Waals surface area contributed by atoms with Gasteiger partial charge in [0.1, 0.15) is 5.54 Å². The van der Waals surface area contributed by atoms with Crippen molar-refractivity contribution < 1.29 is 33.5 Å². The molecule has 1 aliphatic rings. The molecule has 0 heterocycles. The second-order valence-corrected chi connectivity index (χ2v) is 9.50. The quantitative estimate of drug-likeness (QED) is 0.258. The molecule has 0 atom stereocenters. The van der Waals surface area contributed by atoms with Crippen molar-refractivity contribution in [3.05, 3.63) is 70.3 Å². The fraction of sp³-hybridized carbons (Fsp3) is 0.357. The molecule has 0 radical (unpaired) electrons. The number of benzene rings is 2. The SMILES string of the molecule is CC(=O)NCC(=O)NC(C)(C)C(=O)NCCCCCOC(=O)c1ccc2c(c1)C(=O)c1ccccc1C2=O. The van der Waals surface area contributed by atoms with Crippen molar-refractivity contribution in [2.24, 2.45) is 0 Å². The topological polar surface area (TPSA) is 148 Å². The zero-order valence-corrected chi connectivity index (χ0v) is 21.6. The van der Waals surface area contributed by atoms with Gasteiger partial charge in [-0.25, -0.2) is 4.79 Å². The number of esters is 1. The Morgan fingerprint density at radius 2 is 1.45 bits per heavy atom. The summed E-state index contributed by atoms with van der Waals surface area (Å²) in [5, 5.41) is 7.69. The van der Waals surface area contributed by atoms with Crippen LogP contribution < -0.4 is 16.0 Å². The molecule has 2 aromatic rings. The Morgan fingerprint density at radius 1 is 0.816 bits per heavy atom. The van der Waals surface area contributed by atoms with Gasteiger partial charge >= 0.3 is 5.97 Å². The Hall–Kier alpha value is -4.34. The van der Waals surface area contributed by atoms with Gasteiger partial charge in [-0.05, 0) is 51.3 Å². The van der Waals surface area contributed by atoms with Crippen LogP contribution in [-0.4, -0.2) is 60.5 Å². The highest BCUT2D eigenvalue weighted by Crippen LogP contribution is 2.28. The summed E-state index contributed by atoms with van der Waals surface area (Å²) in [4.78, 5) is 73.1. The molecular formula is C28H31N3O7. The number of carbonyl (C=O) groups is 6. The van der Waals surface area contributed by atoms with E-state index in [1.54, 1.807) is 38.1 Å². The lowest BCUT2D eigenvalue weighted by Crippen LogP contribution is -2.56. The standard InChI is InChI=1S/C28H31N3O7/c1-17(32)30-16-23(33)31-28(2,3)27(37)29-13-7-4-8-14-38-26(36)18-11-12-21-22(15-18)25(35)20-10-6-5-9-19(20)24(21)34/h5-6,9-12,15H,4,7-8,13-14,16H2,1-3H3,(H,29,37)(H,30,32)(H,31,33). The summed E-state index contributed by atoms with van der Waals surface area (Å²) in [6, 6.07) is 11.0. The predicted molar refractivity (Wildman–Crippen MR) is 138 cm³/mol. The normalized spacial score (nSPS) is 12.2. The zero-order valence-electron chi connectivity index (χ0n) is 21.6. The maximum Gasteiger partial charge on any atom is 0.338 e. The number of ketones is 2. The van der Waals surface area contributed by atoms with Crippen molar-refractivity contribution in [1.82, 2.24) is 16.0 Å². The summed E-state index contributed by atoms with van der Waals surface area (Å²) in [6.45, 7) is 4.75. The third-order valence-electron chi connectivity index (χ3n) is 6.02. The van der Waals surface area contributed by atoms with Crippen LogP contribution in [0.3, 0.4) is 0 Å². The highest BCUT2D eigenvalue weighted by molar-refractivity contribution is 6.28. The van der Waals surface area contributed by atoms with Crippen LogP contribution in [0.25, 0.3) is 0 Å². The van der Waals surface area contributed by atoms with Gasteiger partial charge in [0.25, 0.3) is 0 Å². The van der Waals surface area contributed by atoms with Crippen LogP contribution >= 0.6 is 0 Å². The molecule has 0 aromatic heterocycles. The molecule has 10 nitrogen and oxygen atoms in total. The Kier molecular flexibility index (Phi) is 9.11. The number of nitrogens with one attached hydrogen (secondary N) is 3. The summed E-state index contributed by atoms with van der Waals surface area (Å²) < 4.78 is 5.32. The highest BCUT2D eigenvalue weighted by atomic mass is 16.5. The van der Waals surface area contributed by atoms with Gasteiger partial charge in [-0.15, -0.1) is 0 Å². The Morgan fingerprint density at radius 3 is 2.11 bits per heavy atom. The van der Waals surface area contributed by atoms with Gasteiger partial charge in [-0.3, -0.25) is 24.0 Å². The first-order valence-electron chi connectivity index (χ1n) is 12.3.